The van der Waals surface area contributed by atoms with Gasteiger partial charge in [0.15, 0.2) is 0 Å². The molecule has 2 N–H and O–H groups in total. The van der Waals surface area contributed by atoms with Crippen LogP contribution in [0.3, 0.4) is 0 Å². The smallest absolute Gasteiger partial charge is 0.0646 e. The van der Waals surface area contributed by atoms with Crippen LogP contribution in [0.5, 0.6) is 0 Å². The van der Waals surface area contributed by atoms with Gasteiger partial charge in [0.1, 0.15) is 0 Å². The first kappa shape index (κ1) is 9.75. The maximum absolute atomic E-state index is 5.85. The molecule has 12 heavy (non-hydrogen) atoms. The Balaban J connectivity index is 2.69. The van der Waals surface area contributed by atoms with E-state index in [1.807, 2.05) is 18.2 Å². The van der Waals surface area contributed by atoms with Crippen LogP contribution in [0.2, 0.25) is 5.02 Å². The van der Waals surface area contributed by atoms with Gasteiger partial charge < -0.3 is 5.73 Å². The second-order valence-corrected chi connectivity index (χ2v) is 4.11. The van der Waals surface area contributed by atoms with E-state index in [0.717, 1.165) is 5.75 Å². The van der Waals surface area contributed by atoms with Crippen molar-refractivity contribution < 1.29 is 0 Å². The van der Waals surface area contributed by atoms with Gasteiger partial charge in [-0.15, -0.1) is 11.8 Å². The summed E-state index contributed by atoms with van der Waals surface area (Å²) < 4.78 is 0. The lowest BCUT2D eigenvalue weighted by Crippen LogP contribution is -1.85. The highest BCUT2D eigenvalue weighted by atomic mass is 35.5. The summed E-state index contributed by atoms with van der Waals surface area (Å²) in [5.41, 5.74) is 6.23. The van der Waals surface area contributed by atoms with Gasteiger partial charge >= 0.3 is 0 Å². The van der Waals surface area contributed by atoms with Crippen LogP contribution in [0.4, 0.5) is 5.69 Å². The van der Waals surface area contributed by atoms with Crippen LogP contribution in [-0.4, -0.2) is 5.75 Å². The number of rotatable bonds is 3. The molecule has 0 unspecified atom stereocenters. The van der Waals surface area contributed by atoms with Crippen molar-refractivity contribution in [3.05, 3.63) is 23.2 Å². The average molecular weight is 202 g/mol. The second-order valence-electron chi connectivity index (χ2n) is 2.53. The number of benzene rings is 1. The first-order valence-corrected chi connectivity index (χ1v) is 5.28. The Bertz CT molecular complexity index is 263. The van der Waals surface area contributed by atoms with E-state index < -0.39 is 0 Å². The standard InChI is InChI=1S/C9H12ClNS/c1-2-5-12-7-3-4-9(11)8(10)6-7/h3-4,6H,2,5,11H2,1H3. The number of halogens is 1. The van der Waals surface area contributed by atoms with E-state index in [1.54, 1.807) is 11.8 Å². The Hall–Kier alpha value is -0.340. The van der Waals surface area contributed by atoms with Gasteiger partial charge in [-0.05, 0) is 30.4 Å². The van der Waals surface area contributed by atoms with E-state index in [2.05, 4.69) is 6.92 Å². The molecule has 1 aromatic rings. The first-order valence-electron chi connectivity index (χ1n) is 3.92. The van der Waals surface area contributed by atoms with Gasteiger partial charge in [-0.25, -0.2) is 0 Å². The van der Waals surface area contributed by atoms with Crippen LogP contribution in [0.15, 0.2) is 23.1 Å². The first-order chi connectivity index (χ1) is 5.74. The van der Waals surface area contributed by atoms with Crippen LogP contribution in [0.25, 0.3) is 0 Å². The van der Waals surface area contributed by atoms with Gasteiger partial charge in [0, 0.05) is 4.90 Å². The van der Waals surface area contributed by atoms with Crippen molar-refractivity contribution in [3.63, 3.8) is 0 Å². The van der Waals surface area contributed by atoms with E-state index in [9.17, 15) is 0 Å². The van der Waals surface area contributed by atoms with Crippen molar-refractivity contribution in [3.8, 4) is 0 Å². The molecule has 0 amide bonds. The van der Waals surface area contributed by atoms with Crippen molar-refractivity contribution in [2.45, 2.75) is 18.2 Å². The summed E-state index contributed by atoms with van der Waals surface area (Å²) in [5, 5.41) is 0.649. The number of hydrogen-bond donors (Lipinski definition) is 1. The van der Waals surface area contributed by atoms with Gasteiger partial charge in [0.05, 0.1) is 10.7 Å². The lowest BCUT2D eigenvalue weighted by atomic mass is 10.3. The lowest BCUT2D eigenvalue weighted by Gasteiger charge is -2.01. The number of nitrogen functional groups attached to an aromatic ring is 1. The molecule has 0 saturated heterocycles. The van der Waals surface area contributed by atoms with Crippen molar-refractivity contribution in [2.24, 2.45) is 0 Å². The average Bonchev–Trinajstić information content (AvgIpc) is 2.07. The molecule has 1 aromatic carbocycles. The maximum Gasteiger partial charge on any atom is 0.0646 e. The predicted octanol–water partition coefficient (Wildman–Crippen LogP) is 3.42. The fourth-order valence-electron chi connectivity index (χ4n) is 0.818. The van der Waals surface area contributed by atoms with E-state index >= 15 is 0 Å². The van der Waals surface area contributed by atoms with E-state index in [4.69, 9.17) is 17.3 Å². The Labute approximate surface area is 82.3 Å². The summed E-state index contributed by atoms with van der Waals surface area (Å²) in [7, 11) is 0. The Morgan fingerprint density at radius 1 is 1.50 bits per heavy atom. The molecule has 0 spiro atoms. The molecular weight excluding hydrogens is 190 g/mol. The molecule has 0 aliphatic rings. The summed E-state index contributed by atoms with van der Waals surface area (Å²) in [6.07, 6.45) is 1.17. The minimum atomic E-state index is 0.649. The normalized spacial score (nSPS) is 10.2. The molecule has 0 aliphatic heterocycles. The van der Waals surface area contributed by atoms with E-state index in [1.165, 1.54) is 11.3 Å². The number of thioether (sulfide) groups is 1. The highest BCUT2D eigenvalue weighted by molar-refractivity contribution is 7.99. The number of anilines is 1. The molecular formula is C9H12ClNS. The zero-order valence-corrected chi connectivity index (χ0v) is 8.58. The molecule has 66 valence electrons. The molecule has 0 atom stereocenters. The van der Waals surface area contributed by atoms with Crippen molar-refractivity contribution in [1.82, 2.24) is 0 Å². The third-order valence-electron chi connectivity index (χ3n) is 1.44. The number of nitrogens with two attached hydrogens (primary N) is 1. The van der Waals surface area contributed by atoms with Gasteiger partial charge in [-0.3, -0.25) is 0 Å². The van der Waals surface area contributed by atoms with Crippen molar-refractivity contribution in [2.75, 3.05) is 11.5 Å². The third-order valence-corrected chi connectivity index (χ3v) is 2.97. The zero-order valence-electron chi connectivity index (χ0n) is 7.01. The fourth-order valence-corrected chi connectivity index (χ4v) is 1.87. The zero-order chi connectivity index (χ0) is 8.97. The van der Waals surface area contributed by atoms with Gasteiger partial charge in [-0.1, -0.05) is 18.5 Å². The molecule has 0 saturated carbocycles. The highest BCUT2D eigenvalue weighted by Gasteiger charge is 1.97. The molecule has 0 radical (unpaired) electrons. The van der Waals surface area contributed by atoms with Crippen LogP contribution >= 0.6 is 23.4 Å². The van der Waals surface area contributed by atoms with Gasteiger partial charge in [-0.2, -0.15) is 0 Å². The molecule has 0 aliphatic carbocycles. The van der Waals surface area contributed by atoms with E-state index in [-0.39, 0.29) is 0 Å². The second kappa shape index (κ2) is 4.63. The fraction of sp³-hybridized carbons (Fsp3) is 0.333. The van der Waals surface area contributed by atoms with E-state index in [0.29, 0.717) is 10.7 Å². The summed E-state index contributed by atoms with van der Waals surface area (Å²) in [6.45, 7) is 2.16. The monoisotopic (exact) mass is 201 g/mol. The lowest BCUT2D eigenvalue weighted by molar-refractivity contribution is 1.10. The Morgan fingerprint density at radius 2 is 2.25 bits per heavy atom. The predicted molar refractivity (Wildman–Crippen MR) is 56.9 cm³/mol. The van der Waals surface area contributed by atoms with Gasteiger partial charge in [0.2, 0.25) is 0 Å². The minimum absolute atomic E-state index is 0.649. The Morgan fingerprint density at radius 3 is 2.83 bits per heavy atom. The largest absolute Gasteiger partial charge is 0.398 e. The van der Waals surface area contributed by atoms with Crippen LogP contribution in [0, 0.1) is 0 Å². The minimum Gasteiger partial charge on any atom is -0.398 e. The summed E-state index contributed by atoms with van der Waals surface area (Å²) in [6, 6.07) is 5.76. The molecule has 0 heterocycles. The van der Waals surface area contributed by atoms with Crippen molar-refractivity contribution in [1.29, 1.82) is 0 Å². The third kappa shape index (κ3) is 2.61. The molecule has 1 rings (SSSR count). The topological polar surface area (TPSA) is 26.0 Å². The molecule has 1 nitrogen and oxygen atoms in total. The van der Waals surface area contributed by atoms with Gasteiger partial charge in [0.25, 0.3) is 0 Å². The molecule has 0 aromatic heterocycles. The van der Waals surface area contributed by atoms with Crippen LogP contribution in [-0.2, 0) is 0 Å². The summed E-state index contributed by atoms with van der Waals surface area (Å²) in [5.74, 6) is 1.13. The Kier molecular flexibility index (Phi) is 3.76. The highest BCUT2D eigenvalue weighted by Crippen LogP contribution is 2.26. The quantitative estimate of drug-likeness (QED) is 0.599. The molecule has 3 heteroatoms. The number of hydrogen-bond acceptors (Lipinski definition) is 2. The van der Waals surface area contributed by atoms with Crippen molar-refractivity contribution >= 4 is 29.1 Å². The summed E-state index contributed by atoms with van der Waals surface area (Å²) >= 11 is 7.66. The molecule has 0 bridgehead atoms. The maximum atomic E-state index is 5.85. The summed E-state index contributed by atoms with van der Waals surface area (Å²) in [4.78, 5) is 1.19. The SMILES string of the molecule is CCCSc1ccc(N)c(Cl)c1. The van der Waals surface area contributed by atoms with Crippen LogP contribution in [0.1, 0.15) is 13.3 Å². The van der Waals surface area contributed by atoms with Crippen LogP contribution < -0.4 is 5.73 Å². The molecule has 0 fully saturated rings.